The molecule has 0 bridgehead atoms. The Morgan fingerprint density at radius 3 is 2.76 bits per heavy atom. The summed E-state index contributed by atoms with van der Waals surface area (Å²) in [6.07, 6.45) is 4.20. The number of nitrogens with zero attached hydrogens (tertiary/aromatic N) is 1. The quantitative estimate of drug-likeness (QED) is 0.819. The molecule has 4 N–H and O–H groups in total. The molecule has 17 heavy (non-hydrogen) atoms. The topological polar surface area (TPSA) is 83.4 Å². The van der Waals surface area contributed by atoms with Gasteiger partial charge in [-0.15, -0.1) is 0 Å². The maximum atomic E-state index is 5.94. The minimum absolute atomic E-state index is 0.180. The standard InChI is InChI=1S/C12H19N3O2/c1-16-12(3-6-17-7-4-12)8-9-2-5-15-11(14)10(9)13/h2,5H,3-4,6-8,13H2,1H3,(H2,14,15). The Morgan fingerprint density at radius 1 is 1.41 bits per heavy atom. The zero-order chi connectivity index (χ0) is 12.3. The Kier molecular flexibility index (Phi) is 3.49. The van der Waals surface area contributed by atoms with Gasteiger partial charge in [0.1, 0.15) is 5.82 Å². The van der Waals surface area contributed by atoms with Crippen LogP contribution in [0.4, 0.5) is 11.5 Å². The van der Waals surface area contributed by atoms with Crippen LogP contribution in [0.25, 0.3) is 0 Å². The van der Waals surface area contributed by atoms with Crippen molar-refractivity contribution < 1.29 is 9.47 Å². The number of hydrogen-bond donors (Lipinski definition) is 2. The molecule has 5 heteroatoms. The largest absolute Gasteiger partial charge is 0.396 e. The summed E-state index contributed by atoms with van der Waals surface area (Å²) < 4.78 is 11.1. The second-order valence-corrected chi connectivity index (χ2v) is 4.45. The van der Waals surface area contributed by atoms with Crippen molar-refractivity contribution in [1.82, 2.24) is 4.98 Å². The molecule has 1 aliphatic heterocycles. The second kappa shape index (κ2) is 4.89. The molecule has 0 aliphatic carbocycles. The molecule has 0 radical (unpaired) electrons. The minimum Gasteiger partial charge on any atom is -0.396 e. The first-order valence-electron chi connectivity index (χ1n) is 5.79. The van der Waals surface area contributed by atoms with E-state index in [9.17, 15) is 0 Å². The summed E-state index contributed by atoms with van der Waals surface area (Å²) in [7, 11) is 1.74. The number of rotatable bonds is 3. The molecular formula is C12H19N3O2. The Labute approximate surface area is 101 Å². The number of anilines is 2. The number of ether oxygens (including phenoxy) is 2. The first kappa shape index (κ1) is 12.1. The highest BCUT2D eigenvalue weighted by molar-refractivity contribution is 5.62. The lowest BCUT2D eigenvalue weighted by atomic mass is 9.87. The summed E-state index contributed by atoms with van der Waals surface area (Å²) in [5.41, 5.74) is 13.0. The zero-order valence-corrected chi connectivity index (χ0v) is 10.1. The van der Waals surface area contributed by atoms with E-state index in [1.165, 1.54) is 0 Å². The predicted molar refractivity (Wildman–Crippen MR) is 66.6 cm³/mol. The van der Waals surface area contributed by atoms with E-state index in [1.807, 2.05) is 6.07 Å². The molecule has 94 valence electrons. The number of hydrogen-bond acceptors (Lipinski definition) is 5. The van der Waals surface area contributed by atoms with Crippen LogP contribution in [0.1, 0.15) is 18.4 Å². The Hall–Kier alpha value is -1.33. The first-order chi connectivity index (χ1) is 8.17. The summed E-state index contributed by atoms with van der Waals surface area (Å²) in [6, 6.07) is 1.90. The normalized spacial score (nSPS) is 19.1. The van der Waals surface area contributed by atoms with E-state index in [-0.39, 0.29) is 5.60 Å². The fourth-order valence-electron chi connectivity index (χ4n) is 2.23. The molecule has 5 nitrogen and oxygen atoms in total. The fraction of sp³-hybridized carbons (Fsp3) is 0.583. The number of methoxy groups -OCH3 is 1. The Bertz CT molecular complexity index is 389. The van der Waals surface area contributed by atoms with Gasteiger partial charge in [0.05, 0.1) is 11.3 Å². The van der Waals surface area contributed by atoms with Gasteiger partial charge in [-0.3, -0.25) is 0 Å². The predicted octanol–water partition coefficient (Wildman–Crippen LogP) is 0.984. The third kappa shape index (κ3) is 2.50. The van der Waals surface area contributed by atoms with E-state index in [4.69, 9.17) is 20.9 Å². The molecule has 0 atom stereocenters. The van der Waals surface area contributed by atoms with E-state index < -0.39 is 0 Å². The van der Waals surface area contributed by atoms with Gasteiger partial charge in [-0.2, -0.15) is 0 Å². The first-order valence-corrected chi connectivity index (χ1v) is 5.79. The maximum Gasteiger partial charge on any atom is 0.146 e. The van der Waals surface area contributed by atoms with Crippen LogP contribution in [0.3, 0.4) is 0 Å². The fourth-order valence-corrected chi connectivity index (χ4v) is 2.23. The zero-order valence-electron chi connectivity index (χ0n) is 10.1. The van der Waals surface area contributed by atoms with Gasteiger partial charge in [0.15, 0.2) is 0 Å². The van der Waals surface area contributed by atoms with Gasteiger partial charge in [-0.05, 0) is 11.6 Å². The van der Waals surface area contributed by atoms with Crippen LogP contribution in [0, 0.1) is 0 Å². The van der Waals surface area contributed by atoms with Crippen molar-refractivity contribution in [1.29, 1.82) is 0 Å². The number of nitrogen functional groups attached to an aromatic ring is 2. The minimum atomic E-state index is -0.180. The number of aromatic nitrogens is 1. The molecule has 1 aromatic rings. The third-order valence-corrected chi connectivity index (χ3v) is 3.46. The van der Waals surface area contributed by atoms with Crippen LogP contribution in [0.5, 0.6) is 0 Å². The van der Waals surface area contributed by atoms with Crippen LogP contribution in [0.2, 0.25) is 0 Å². The van der Waals surface area contributed by atoms with E-state index in [0.717, 1.165) is 38.0 Å². The summed E-state index contributed by atoms with van der Waals surface area (Å²) in [5.74, 6) is 0.390. The average Bonchev–Trinajstić information content (AvgIpc) is 2.36. The SMILES string of the molecule is COC1(Cc2ccnc(N)c2N)CCOCC1. The van der Waals surface area contributed by atoms with Gasteiger partial charge in [-0.1, -0.05) is 0 Å². The summed E-state index contributed by atoms with van der Waals surface area (Å²) in [5, 5.41) is 0. The van der Waals surface area contributed by atoms with E-state index in [2.05, 4.69) is 4.98 Å². The highest BCUT2D eigenvalue weighted by Crippen LogP contribution is 2.31. The van der Waals surface area contributed by atoms with Gasteiger partial charge in [0, 0.05) is 45.8 Å². The number of pyridine rings is 1. The van der Waals surface area contributed by atoms with E-state index in [0.29, 0.717) is 11.5 Å². The van der Waals surface area contributed by atoms with Crippen LogP contribution in [0.15, 0.2) is 12.3 Å². The average molecular weight is 237 g/mol. The smallest absolute Gasteiger partial charge is 0.146 e. The molecule has 1 saturated heterocycles. The molecule has 1 aromatic heterocycles. The summed E-state index contributed by atoms with van der Waals surface area (Å²) in [4.78, 5) is 3.97. The third-order valence-electron chi connectivity index (χ3n) is 3.46. The molecule has 0 spiro atoms. The summed E-state index contributed by atoms with van der Waals surface area (Å²) >= 11 is 0. The van der Waals surface area contributed by atoms with Crippen molar-refractivity contribution in [2.75, 3.05) is 31.8 Å². The molecule has 0 saturated carbocycles. The van der Waals surface area contributed by atoms with Gasteiger partial charge in [-0.25, -0.2) is 4.98 Å². The van der Waals surface area contributed by atoms with Crippen molar-refractivity contribution in [2.45, 2.75) is 24.9 Å². The summed E-state index contributed by atoms with van der Waals surface area (Å²) in [6.45, 7) is 1.46. The maximum absolute atomic E-state index is 5.94. The number of nitrogens with two attached hydrogens (primary N) is 2. The van der Waals surface area contributed by atoms with Crippen LogP contribution < -0.4 is 11.5 Å². The van der Waals surface area contributed by atoms with Gasteiger partial charge >= 0.3 is 0 Å². The van der Waals surface area contributed by atoms with E-state index >= 15 is 0 Å². The molecule has 1 aliphatic rings. The lowest BCUT2D eigenvalue weighted by Crippen LogP contribution is -2.40. The molecule has 0 unspecified atom stereocenters. The van der Waals surface area contributed by atoms with Gasteiger partial charge in [0.25, 0.3) is 0 Å². The molecule has 2 heterocycles. The van der Waals surface area contributed by atoms with Crippen molar-refractivity contribution in [3.63, 3.8) is 0 Å². The molecule has 2 rings (SSSR count). The van der Waals surface area contributed by atoms with E-state index in [1.54, 1.807) is 13.3 Å². The van der Waals surface area contributed by atoms with Crippen molar-refractivity contribution >= 4 is 11.5 Å². The Morgan fingerprint density at radius 2 is 2.12 bits per heavy atom. The second-order valence-electron chi connectivity index (χ2n) is 4.45. The molecule has 0 amide bonds. The molecule has 1 fully saturated rings. The molecule has 0 aromatic carbocycles. The lowest BCUT2D eigenvalue weighted by Gasteiger charge is -2.36. The van der Waals surface area contributed by atoms with Crippen molar-refractivity contribution in [3.05, 3.63) is 17.8 Å². The lowest BCUT2D eigenvalue weighted by molar-refractivity contribution is -0.0887. The molecular weight excluding hydrogens is 218 g/mol. The van der Waals surface area contributed by atoms with Crippen LogP contribution in [-0.2, 0) is 15.9 Å². The van der Waals surface area contributed by atoms with Crippen molar-refractivity contribution in [3.8, 4) is 0 Å². The van der Waals surface area contributed by atoms with Crippen molar-refractivity contribution in [2.24, 2.45) is 0 Å². The van der Waals surface area contributed by atoms with Gasteiger partial charge in [0.2, 0.25) is 0 Å². The van der Waals surface area contributed by atoms with Crippen LogP contribution in [-0.4, -0.2) is 30.9 Å². The highest BCUT2D eigenvalue weighted by Gasteiger charge is 2.33. The van der Waals surface area contributed by atoms with Gasteiger partial charge < -0.3 is 20.9 Å². The van der Waals surface area contributed by atoms with Crippen LogP contribution >= 0.6 is 0 Å². The monoisotopic (exact) mass is 237 g/mol. The highest BCUT2D eigenvalue weighted by atomic mass is 16.5. The Balaban J connectivity index is 2.20.